The zero-order valence-electron chi connectivity index (χ0n) is 9.93. The highest BCUT2D eigenvalue weighted by atomic mass is 14.7. The summed E-state index contributed by atoms with van der Waals surface area (Å²) in [6.07, 6.45) is 4.10. The number of para-hydroxylation sites is 1. The van der Waals surface area contributed by atoms with Gasteiger partial charge in [-0.15, -0.1) is 0 Å². The van der Waals surface area contributed by atoms with Crippen molar-refractivity contribution >= 4 is 33.7 Å². The molecule has 0 spiro atoms. The second kappa shape index (κ2) is 3.64. The van der Waals surface area contributed by atoms with E-state index in [1.807, 2.05) is 12.3 Å². The van der Waals surface area contributed by atoms with Crippen molar-refractivity contribution in [3.05, 3.63) is 48.0 Å². The summed E-state index contributed by atoms with van der Waals surface area (Å²) in [6.45, 7) is 0. The molecule has 0 saturated heterocycles. The second-order valence-corrected chi connectivity index (χ2v) is 4.66. The van der Waals surface area contributed by atoms with Crippen molar-refractivity contribution in [3.63, 3.8) is 0 Å². The third kappa shape index (κ3) is 1.35. The maximum Gasteiger partial charge on any atom is 0.0714 e. The van der Waals surface area contributed by atoms with E-state index >= 15 is 0 Å². The molecule has 0 atom stereocenters. The minimum absolute atomic E-state index is 1.03. The zero-order chi connectivity index (χ0) is 11.9. The summed E-state index contributed by atoms with van der Waals surface area (Å²) in [6, 6.07) is 14.7. The molecule has 0 amide bonds. The number of hydrogen-bond donors (Lipinski definition) is 0. The van der Waals surface area contributed by atoms with Gasteiger partial charge in [0.25, 0.3) is 0 Å². The van der Waals surface area contributed by atoms with Crippen molar-refractivity contribution in [1.82, 2.24) is 4.98 Å². The molecule has 4 rings (SSSR count). The van der Waals surface area contributed by atoms with Crippen LogP contribution in [0.15, 0.2) is 47.5 Å². The predicted molar refractivity (Wildman–Crippen MR) is 75.7 cm³/mol. The van der Waals surface area contributed by atoms with Crippen LogP contribution in [0.25, 0.3) is 21.8 Å². The molecule has 2 nitrogen and oxygen atoms in total. The lowest BCUT2D eigenvalue weighted by atomic mass is 9.99. The highest BCUT2D eigenvalue weighted by Gasteiger charge is 2.11. The summed E-state index contributed by atoms with van der Waals surface area (Å²) in [7, 11) is 0. The van der Waals surface area contributed by atoms with Gasteiger partial charge >= 0.3 is 0 Å². The number of benzene rings is 2. The van der Waals surface area contributed by atoms with Crippen LogP contribution >= 0.6 is 0 Å². The Kier molecular flexibility index (Phi) is 1.97. The molecule has 2 aromatic carbocycles. The van der Waals surface area contributed by atoms with Crippen LogP contribution in [0.2, 0.25) is 0 Å². The molecule has 86 valence electrons. The summed E-state index contributed by atoms with van der Waals surface area (Å²) in [5.41, 5.74) is 4.58. The van der Waals surface area contributed by atoms with E-state index in [0.29, 0.717) is 0 Å². The average Bonchev–Trinajstić information content (AvgIpc) is 2.45. The number of aliphatic imine (C=N–C) groups is 1. The first-order valence-corrected chi connectivity index (χ1v) is 6.26. The molecular formula is C16H12N2. The van der Waals surface area contributed by atoms with Crippen LogP contribution in [0.5, 0.6) is 0 Å². The molecule has 0 N–H and O–H groups in total. The van der Waals surface area contributed by atoms with Gasteiger partial charge in [-0.2, -0.15) is 0 Å². The monoisotopic (exact) mass is 232 g/mol. The molecule has 0 aliphatic carbocycles. The van der Waals surface area contributed by atoms with Crippen LogP contribution in [0.3, 0.4) is 0 Å². The molecule has 1 aliphatic rings. The summed E-state index contributed by atoms with van der Waals surface area (Å²) in [5, 5.41) is 2.45. The summed E-state index contributed by atoms with van der Waals surface area (Å²) in [5.74, 6) is 0. The first kappa shape index (κ1) is 9.77. The van der Waals surface area contributed by atoms with E-state index in [4.69, 9.17) is 4.98 Å². The van der Waals surface area contributed by atoms with Gasteiger partial charge in [0.15, 0.2) is 0 Å². The molecule has 3 aromatic rings. The smallest absolute Gasteiger partial charge is 0.0714 e. The standard InChI is InChI=1S/C16H12N2/c1-2-6-14-11(4-1)10-13-12-5-3-9-17-15(12)7-8-16(13)18-14/h1-2,4,6-10H,3,5H2. The molecule has 1 aliphatic heterocycles. The Morgan fingerprint density at radius 3 is 2.89 bits per heavy atom. The number of aryl methyl sites for hydroxylation is 1. The summed E-state index contributed by atoms with van der Waals surface area (Å²) in [4.78, 5) is 9.20. The van der Waals surface area contributed by atoms with E-state index < -0.39 is 0 Å². The van der Waals surface area contributed by atoms with Gasteiger partial charge in [-0.3, -0.25) is 4.99 Å². The number of nitrogens with zero attached hydrogens (tertiary/aromatic N) is 2. The van der Waals surface area contributed by atoms with E-state index in [-0.39, 0.29) is 0 Å². The van der Waals surface area contributed by atoms with Crippen LogP contribution in [-0.4, -0.2) is 11.2 Å². The van der Waals surface area contributed by atoms with Crippen LogP contribution in [0.1, 0.15) is 12.0 Å². The van der Waals surface area contributed by atoms with Gasteiger partial charge in [-0.05, 0) is 42.7 Å². The minimum Gasteiger partial charge on any atom is -0.261 e. The van der Waals surface area contributed by atoms with Crippen molar-refractivity contribution in [1.29, 1.82) is 0 Å². The second-order valence-electron chi connectivity index (χ2n) is 4.66. The fourth-order valence-corrected chi connectivity index (χ4v) is 2.65. The fraction of sp³-hybridized carbons (Fsp3) is 0.125. The number of aromatic nitrogens is 1. The Morgan fingerprint density at radius 2 is 1.89 bits per heavy atom. The van der Waals surface area contributed by atoms with Crippen molar-refractivity contribution < 1.29 is 0 Å². The molecule has 2 heteroatoms. The van der Waals surface area contributed by atoms with Gasteiger partial charge in [-0.1, -0.05) is 18.2 Å². The SMILES string of the molecule is C1=Nc2ccc3nc4ccccc4cc3c2CC1. The number of pyridine rings is 1. The molecule has 0 bridgehead atoms. The first-order chi connectivity index (χ1) is 8.92. The lowest BCUT2D eigenvalue weighted by molar-refractivity contribution is 1.04. The highest BCUT2D eigenvalue weighted by molar-refractivity contribution is 5.97. The molecule has 0 saturated carbocycles. The van der Waals surface area contributed by atoms with Crippen molar-refractivity contribution in [2.75, 3.05) is 0 Å². The minimum atomic E-state index is 1.03. The van der Waals surface area contributed by atoms with Crippen LogP contribution in [-0.2, 0) is 6.42 Å². The van der Waals surface area contributed by atoms with Gasteiger partial charge in [-0.25, -0.2) is 4.98 Å². The Hall–Kier alpha value is -2.22. The van der Waals surface area contributed by atoms with Gasteiger partial charge in [0.05, 0.1) is 16.7 Å². The zero-order valence-corrected chi connectivity index (χ0v) is 9.93. The van der Waals surface area contributed by atoms with E-state index in [2.05, 4.69) is 41.4 Å². The fourth-order valence-electron chi connectivity index (χ4n) is 2.65. The van der Waals surface area contributed by atoms with Gasteiger partial charge in [0, 0.05) is 17.0 Å². The molecule has 1 aromatic heterocycles. The number of rotatable bonds is 0. The first-order valence-electron chi connectivity index (χ1n) is 6.26. The highest BCUT2D eigenvalue weighted by Crippen LogP contribution is 2.32. The quantitative estimate of drug-likeness (QED) is 0.537. The molecule has 0 fully saturated rings. The third-order valence-corrected chi connectivity index (χ3v) is 3.54. The summed E-state index contributed by atoms with van der Waals surface area (Å²) >= 11 is 0. The predicted octanol–water partition coefficient (Wildman–Crippen LogP) is 4.04. The number of hydrogen-bond acceptors (Lipinski definition) is 2. The summed E-state index contributed by atoms with van der Waals surface area (Å²) < 4.78 is 0. The van der Waals surface area contributed by atoms with Crippen LogP contribution in [0.4, 0.5) is 5.69 Å². The molecule has 0 unspecified atom stereocenters. The largest absolute Gasteiger partial charge is 0.261 e. The Morgan fingerprint density at radius 1 is 0.944 bits per heavy atom. The van der Waals surface area contributed by atoms with E-state index in [0.717, 1.165) is 29.6 Å². The van der Waals surface area contributed by atoms with Crippen molar-refractivity contribution in [2.45, 2.75) is 12.8 Å². The Balaban J connectivity index is 2.15. The third-order valence-electron chi connectivity index (χ3n) is 3.54. The number of fused-ring (bicyclic) bond motifs is 4. The molecule has 0 radical (unpaired) electrons. The lowest BCUT2D eigenvalue weighted by Gasteiger charge is -2.13. The maximum atomic E-state index is 4.73. The molecule has 18 heavy (non-hydrogen) atoms. The lowest BCUT2D eigenvalue weighted by Crippen LogP contribution is -1.96. The van der Waals surface area contributed by atoms with Crippen molar-refractivity contribution in [3.8, 4) is 0 Å². The Labute approximate surface area is 105 Å². The van der Waals surface area contributed by atoms with E-state index in [1.165, 1.54) is 16.3 Å². The van der Waals surface area contributed by atoms with E-state index in [9.17, 15) is 0 Å². The molecule has 2 heterocycles. The normalized spacial score (nSPS) is 14.0. The van der Waals surface area contributed by atoms with Gasteiger partial charge in [0.1, 0.15) is 0 Å². The van der Waals surface area contributed by atoms with Crippen LogP contribution in [0, 0.1) is 0 Å². The topological polar surface area (TPSA) is 25.2 Å². The van der Waals surface area contributed by atoms with Gasteiger partial charge in [0.2, 0.25) is 0 Å². The van der Waals surface area contributed by atoms with Gasteiger partial charge < -0.3 is 0 Å². The van der Waals surface area contributed by atoms with Crippen LogP contribution < -0.4 is 0 Å². The van der Waals surface area contributed by atoms with E-state index in [1.54, 1.807) is 0 Å². The Bertz CT molecular complexity index is 788. The van der Waals surface area contributed by atoms with Crippen molar-refractivity contribution in [2.24, 2.45) is 4.99 Å². The molecular weight excluding hydrogens is 220 g/mol. The average molecular weight is 232 g/mol. The maximum absolute atomic E-state index is 4.73.